The quantitative estimate of drug-likeness (QED) is 0.787. The highest BCUT2D eigenvalue weighted by Crippen LogP contribution is 2.20. The van der Waals surface area contributed by atoms with Gasteiger partial charge in [-0.05, 0) is 11.5 Å². The van der Waals surface area contributed by atoms with Gasteiger partial charge in [0.05, 0.1) is 18.6 Å². The maximum atomic E-state index is 12.5. The molecule has 2 heterocycles. The molecule has 2 aliphatic rings. The minimum Gasteiger partial charge on any atom is -0.374 e. The molecule has 0 bridgehead atoms. The van der Waals surface area contributed by atoms with Gasteiger partial charge >= 0.3 is 0 Å². The fourth-order valence-corrected chi connectivity index (χ4v) is 3.85. The van der Waals surface area contributed by atoms with E-state index in [1.807, 2.05) is 30.3 Å². The molecule has 2 atom stereocenters. The Balaban J connectivity index is 1.44. The van der Waals surface area contributed by atoms with Gasteiger partial charge in [-0.25, -0.2) is 0 Å². The number of morpholine rings is 1. The first-order chi connectivity index (χ1) is 13.0. The normalized spacial score (nSPS) is 23.8. The number of amides is 2. The second-order valence-electron chi connectivity index (χ2n) is 8.05. The van der Waals surface area contributed by atoms with Crippen LogP contribution in [-0.2, 0) is 20.9 Å². The maximum absolute atomic E-state index is 12.5. The molecule has 6 heteroatoms. The summed E-state index contributed by atoms with van der Waals surface area (Å²) in [7, 11) is 0. The van der Waals surface area contributed by atoms with E-state index in [1.54, 1.807) is 4.90 Å². The maximum Gasteiger partial charge on any atom is 0.225 e. The summed E-state index contributed by atoms with van der Waals surface area (Å²) in [6.07, 6.45) is 0.322. The zero-order valence-electron chi connectivity index (χ0n) is 16.4. The Morgan fingerprint density at radius 3 is 2.78 bits per heavy atom. The van der Waals surface area contributed by atoms with E-state index >= 15 is 0 Å². The molecular weight excluding hydrogens is 342 g/mol. The van der Waals surface area contributed by atoms with Crippen molar-refractivity contribution < 1.29 is 14.3 Å². The van der Waals surface area contributed by atoms with Gasteiger partial charge in [0.1, 0.15) is 0 Å². The SMILES string of the molecule is CC(C)CN1CCOC(CNC(=O)C2CC(=O)N(Cc3ccccc3)C2)C1. The van der Waals surface area contributed by atoms with Crippen molar-refractivity contribution in [2.45, 2.75) is 32.9 Å². The molecule has 1 aromatic carbocycles. The van der Waals surface area contributed by atoms with Crippen molar-refractivity contribution in [1.29, 1.82) is 0 Å². The van der Waals surface area contributed by atoms with Crippen LogP contribution in [0, 0.1) is 11.8 Å². The van der Waals surface area contributed by atoms with Gasteiger partial charge < -0.3 is 15.0 Å². The van der Waals surface area contributed by atoms with E-state index in [4.69, 9.17) is 4.74 Å². The van der Waals surface area contributed by atoms with E-state index in [0.29, 0.717) is 38.6 Å². The van der Waals surface area contributed by atoms with Crippen molar-refractivity contribution in [2.24, 2.45) is 11.8 Å². The second kappa shape index (κ2) is 9.33. The van der Waals surface area contributed by atoms with Crippen LogP contribution in [0.3, 0.4) is 0 Å². The lowest BCUT2D eigenvalue weighted by Gasteiger charge is -2.34. The van der Waals surface area contributed by atoms with Gasteiger partial charge in [-0.15, -0.1) is 0 Å². The minimum absolute atomic E-state index is 0.0268. The first-order valence-corrected chi connectivity index (χ1v) is 9.94. The van der Waals surface area contributed by atoms with E-state index in [0.717, 1.165) is 25.2 Å². The van der Waals surface area contributed by atoms with Crippen molar-refractivity contribution >= 4 is 11.8 Å². The van der Waals surface area contributed by atoms with E-state index in [-0.39, 0.29) is 23.8 Å². The Bertz CT molecular complexity index is 635. The smallest absolute Gasteiger partial charge is 0.225 e. The summed E-state index contributed by atoms with van der Waals surface area (Å²) in [4.78, 5) is 29.0. The summed E-state index contributed by atoms with van der Waals surface area (Å²) in [5.41, 5.74) is 1.09. The van der Waals surface area contributed by atoms with Crippen LogP contribution in [0.5, 0.6) is 0 Å². The molecule has 1 N–H and O–H groups in total. The predicted octanol–water partition coefficient (Wildman–Crippen LogP) is 1.51. The molecule has 27 heavy (non-hydrogen) atoms. The summed E-state index contributed by atoms with van der Waals surface area (Å²) in [6.45, 7) is 9.56. The monoisotopic (exact) mass is 373 g/mol. The predicted molar refractivity (Wildman–Crippen MR) is 104 cm³/mol. The molecule has 0 spiro atoms. The summed E-state index contributed by atoms with van der Waals surface area (Å²) in [6, 6.07) is 9.90. The highest BCUT2D eigenvalue weighted by molar-refractivity contribution is 5.89. The molecule has 2 unspecified atom stereocenters. The highest BCUT2D eigenvalue weighted by atomic mass is 16.5. The van der Waals surface area contributed by atoms with E-state index < -0.39 is 0 Å². The Morgan fingerprint density at radius 1 is 1.26 bits per heavy atom. The van der Waals surface area contributed by atoms with Gasteiger partial charge in [0.25, 0.3) is 0 Å². The number of nitrogens with zero attached hydrogens (tertiary/aromatic N) is 2. The molecule has 3 rings (SSSR count). The molecule has 2 saturated heterocycles. The Morgan fingerprint density at radius 2 is 2.04 bits per heavy atom. The third kappa shape index (κ3) is 5.78. The molecule has 6 nitrogen and oxygen atoms in total. The Hall–Kier alpha value is -1.92. The molecule has 2 fully saturated rings. The van der Waals surface area contributed by atoms with Crippen molar-refractivity contribution in [2.75, 3.05) is 39.3 Å². The number of likely N-dealkylation sites (tertiary alicyclic amines) is 1. The number of rotatable bonds is 7. The summed E-state index contributed by atoms with van der Waals surface area (Å²) in [5, 5.41) is 3.00. The number of ether oxygens (including phenoxy) is 1. The van der Waals surface area contributed by atoms with Gasteiger partial charge in [0.15, 0.2) is 0 Å². The fourth-order valence-electron chi connectivity index (χ4n) is 3.85. The molecule has 0 radical (unpaired) electrons. The third-order valence-electron chi connectivity index (χ3n) is 5.15. The summed E-state index contributed by atoms with van der Waals surface area (Å²) >= 11 is 0. The summed E-state index contributed by atoms with van der Waals surface area (Å²) in [5.74, 6) is 0.370. The number of hydrogen-bond acceptors (Lipinski definition) is 4. The Kier molecular flexibility index (Phi) is 6.85. The first-order valence-electron chi connectivity index (χ1n) is 9.94. The Labute approximate surface area is 161 Å². The number of hydrogen-bond donors (Lipinski definition) is 1. The van der Waals surface area contributed by atoms with Crippen molar-refractivity contribution in [3.05, 3.63) is 35.9 Å². The van der Waals surface area contributed by atoms with Gasteiger partial charge in [0.2, 0.25) is 11.8 Å². The topological polar surface area (TPSA) is 61.9 Å². The lowest BCUT2D eigenvalue weighted by Crippen LogP contribution is -2.49. The number of nitrogens with one attached hydrogen (secondary N) is 1. The zero-order valence-corrected chi connectivity index (χ0v) is 16.4. The molecule has 2 amide bonds. The molecular formula is C21H31N3O3. The lowest BCUT2D eigenvalue weighted by atomic mass is 10.1. The van der Waals surface area contributed by atoms with Crippen LogP contribution >= 0.6 is 0 Å². The van der Waals surface area contributed by atoms with Gasteiger partial charge in [-0.1, -0.05) is 44.2 Å². The second-order valence-corrected chi connectivity index (χ2v) is 8.05. The van der Waals surface area contributed by atoms with E-state index in [2.05, 4.69) is 24.1 Å². The highest BCUT2D eigenvalue weighted by Gasteiger charge is 2.34. The van der Waals surface area contributed by atoms with E-state index in [1.165, 1.54) is 0 Å². The van der Waals surface area contributed by atoms with Gasteiger partial charge in [-0.2, -0.15) is 0 Å². The molecule has 0 saturated carbocycles. The fraction of sp³-hybridized carbons (Fsp3) is 0.619. The number of carbonyl (C=O) groups excluding carboxylic acids is 2. The van der Waals surface area contributed by atoms with Crippen LogP contribution < -0.4 is 5.32 Å². The molecule has 0 aliphatic carbocycles. The lowest BCUT2D eigenvalue weighted by molar-refractivity contribution is -0.129. The van der Waals surface area contributed by atoms with Crippen LogP contribution in [0.2, 0.25) is 0 Å². The zero-order chi connectivity index (χ0) is 19.2. The van der Waals surface area contributed by atoms with Gasteiger partial charge in [-0.3, -0.25) is 14.5 Å². The summed E-state index contributed by atoms with van der Waals surface area (Å²) < 4.78 is 5.79. The molecule has 1 aromatic rings. The van der Waals surface area contributed by atoms with Crippen LogP contribution in [0.15, 0.2) is 30.3 Å². The van der Waals surface area contributed by atoms with E-state index in [9.17, 15) is 9.59 Å². The average molecular weight is 373 g/mol. The van der Waals surface area contributed by atoms with Crippen LogP contribution in [0.25, 0.3) is 0 Å². The van der Waals surface area contributed by atoms with Crippen molar-refractivity contribution in [3.8, 4) is 0 Å². The van der Waals surface area contributed by atoms with Crippen LogP contribution in [0.1, 0.15) is 25.8 Å². The minimum atomic E-state index is -0.267. The first kappa shape index (κ1) is 19.8. The molecule has 148 valence electrons. The van der Waals surface area contributed by atoms with Crippen molar-refractivity contribution in [1.82, 2.24) is 15.1 Å². The van der Waals surface area contributed by atoms with Crippen LogP contribution in [0.4, 0.5) is 0 Å². The molecule has 0 aromatic heterocycles. The van der Waals surface area contributed by atoms with Gasteiger partial charge in [0, 0.05) is 45.7 Å². The largest absolute Gasteiger partial charge is 0.374 e. The van der Waals surface area contributed by atoms with Crippen molar-refractivity contribution in [3.63, 3.8) is 0 Å². The third-order valence-corrected chi connectivity index (χ3v) is 5.15. The standard InChI is InChI=1S/C21H31N3O3/c1-16(2)12-23-8-9-27-19(15-23)11-22-21(26)18-10-20(25)24(14-18)13-17-6-4-3-5-7-17/h3-7,16,18-19H,8-15H2,1-2H3,(H,22,26). The average Bonchev–Trinajstić information content (AvgIpc) is 3.01. The number of carbonyl (C=O) groups is 2. The number of benzene rings is 1. The molecule has 2 aliphatic heterocycles. The van der Waals surface area contributed by atoms with Crippen LogP contribution in [-0.4, -0.2) is 67.0 Å².